The molecule has 12 nitrogen and oxygen atoms in total. The van der Waals surface area contributed by atoms with Crippen molar-refractivity contribution in [1.82, 2.24) is 34.5 Å². The van der Waals surface area contributed by atoms with Gasteiger partial charge in [0.1, 0.15) is 12.1 Å². The van der Waals surface area contributed by atoms with E-state index in [0.717, 1.165) is 29.1 Å². The lowest BCUT2D eigenvalue weighted by Gasteiger charge is -2.29. The Morgan fingerprint density at radius 3 is 2.62 bits per heavy atom. The number of aryl methyl sites for hydroxylation is 2. The van der Waals surface area contributed by atoms with Crippen LogP contribution in [-0.4, -0.2) is 98.4 Å². The predicted molar refractivity (Wildman–Crippen MR) is 180 cm³/mol. The Morgan fingerprint density at radius 1 is 1.06 bits per heavy atom. The number of thiophene rings is 1. The van der Waals surface area contributed by atoms with Crippen LogP contribution >= 0.6 is 11.3 Å². The van der Waals surface area contributed by atoms with E-state index < -0.39 is 5.41 Å². The number of aromatic nitrogens is 5. The zero-order valence-electron chi connectivity index (χ0n) is 26.8. The van der Waals surface area contributed by atoms with Gasteiger partial charge in [-0.15, -0.1) is 11.3 Å². The summed E-state index contributed by atoms with van der Waals surface area (Å²) in [6.07, 6.45) is 7.69. The van der Waals surface area contributed by atoms with Crippen LogP contribution in [0, 0.1) is 17.7 Å². The van der Waals surface area contributed by atoms with E-state index in [-0.39, 0.29) is 17.5 Å². The maximum Gasteiger partial charge on any atom is 0.237 e. The molecule has 2 amide bonds. The summed E-state index contributed by atoms with van der Waals surface area (Å²) in [4.78, 5) is 48.6. The molecule has 3 aliphatic heterocycles. The number of carbonyl (C=O) groups is 2. The van der Waals surface area contributed by atoms with E-state index in [9.17, 15) is 9.59 Å². The van der Waals surface area contributed by atoms with Crippen LogP contribution in [0.3, 0.4) is 0 Å². The molecular weight excluding hydrogens is 615 g/mol. The van der Waals surface area contributed by atoms with Crippen LogP contribution in [0.25, 0.3) is 16.3 Å². The molecule has 1 N–H and O–H groups in total. The van der Waals surface area contributed by atoms with Crippen LogP contribution in [0.5, 0.6) is 5.88 Å². The first-order chi connectivity index (χ1) is 22.7. The number of hydrogen-bond donors (Lipinski definition) is 1. The number of likely N-dealkylation sites (tertiary alicyclic amines) is 1. The lowest BCUT2D eigenvalue weighted by atomic mass is 9.85. The Kier molecular flexibility index (Phi) is 8.18. The van der Waals surface area contributed by atoms with Gasteiger partial charge >= 0.3 is 0 Å². The monoisotopic (exact) mass is 651 g/mol. The molecule has 0 radical (unpaired) electrons. The van der Waals surface area contributed by atoms with E-state index in [0.29, 0.717) is 68.6 Å². The second-order valence-corrected chi connectivity index (χ2v) is 13.6. The molecule has 0 aromatic carbocycles. The number of rotatable bonds is 8. The van der Waals surface area contributed by atoms with E-state index in [1.165, 1.54) is 10.5 Å². The van der Waals surface area contributed by atoms with Gasteiger partial charge in [-0.3, -0.25) is 29.5 Å². The summed E-state index contributed by atoms with van der Waals surface area (Å²) in [6.45, 7) is 5.32. The first-order valence-electron chi connectivity index (χ1n) is 15.8. The molecule has 2 fully saturated rings. The van der Waals surface area contributed by atoms with Gasteiger partial charge < -0.3 is 9.64 Å². The average Bonchev–Trinajstić information content (AvgIpc) is 3.90. The van der Waals surface area contributed by atoms with Crippen molar-refractivity contribution >= 4 is 40.3 Å². The molecule has 1 atom stereocenters. The first-order valence-corrected chi connectivity index (χ1v) is 16.6. The topological polar surface area (TPSA) is 133 Å². The summed E-state index contributed by atoms with van der Waals surface area (Å²) in [5, 5.41) is 13.2. The van der Waals surface area contributed by atoms with Crippen molar-refractivity contribution in [1.29, 1.82) is 5.41 Å². The summed E-state index contributed by atoms with van der Waals surface area (Å²) in [5.41, 5.74) is 2.97. The summed E-state index contributed by atoms with van der Waals surface area (Å²) in [5.74, 6) is 1.91. The van der Waals surface area contributed by atoms with Gasteiger partial charge in [0, 0.05) is 55.9 Å². The lowest BCUT2D eigenvalue weighted by Crippen LogP contribution is -2.43. The lowest BCUT2D eigenvalue weighted by molar-refractivity contribution is -0.132. The van der Waals surface area contributed by atoms with Gasteiger partial charge in [0.25, 0.3) is 0 Å². The van der Waals surface area contributed by atoms with Crippen LogP contribution in [0.15, 0.2) is 55.0 Å². The average molecular weight is 652 g/mol. The highest BCUT2D eigenvalue weighted by molar-refractivity contribution is 7.16. The quantitative estimate of drug-likeness (QED) is 0.285. The zero-order valence-corrected chi connectivity index (χ0v) is 27.6. The number of pyridine rings is 2. The van der Waals surface area contributed by atoms with Crippen molar-refractivity contribution in [2.24, 2.45) is 12.5 Å². The number of anilines is 1. The minimum Gasteiger partial charge on any atom is -0.481 e. The Morgan fingerprint density at radius 2 is 1.89 bits per heavy atom. The molecule has 47 heavy (non-hydrogen) atoms. The summed E-state index contributed by atoms with van der Waals surface area (Å²) in [7, 11) is 3.41. The minimum absolute atomic E-state index is 0.0502. The van der Waals surface area contributed by atoms with Gasteiger partial charge in [-0.1, -0.05) is 12.1 Å². The van der Waals surface area contributed by atoms with Crippen LogP contribution in [0.2, 0.25) is 0 Å². The second kappa shape index (κ2) is 12.5. The predicted octanol–water partition coefficient (Wildman–Crippen LogP) is 3.81. The van der Waals surface area contributed by atoms with E-state index in [1.54, 1.807) is 52.7 Å². The highest BCUT2D eigenvalue weighted by Crippen LogP contribution is 2.42. The van der Waals surface area contributed by atoms with Gasteiger partial charge in [0.15, 0.2) is 5.82 Å². The van der Waals surface area contributed by atoms with Gasteiger partial charge in [-0.2, -0.15) is 5.10 Å². The van der Waals surface area contributed by atoms with Crippen molar-refractivity contribution in [3.63, 3.8) is 0 Å². The van der Waals surface area contributed by atoms with E-state index in [4.69, 9.17) is 15.1 Å². The number of amides is 2. The summed E-state index contributed by atoms with van der Waals surface area (Å²) < 4.78 is 6.84. The Bertz CT molecular complexity index is 1880. The molecule has 13 heteroatoms. The molecule has 4 aromatic rings. The van der Waals surface area contributed by atoms with Crippen LogP contribution in [-0.2, 0) is 16.6 Å². The molecule has 0 unspecified atom stereocenters. The molecule has 1 spiro atoms. The molecule has 2 saturated heterocycles. The van der Waals surface area contributed by atoms with Crippen LogP contribution in [0.4, 0.5) is 5.82 Å². The maximum atomic E-state index is 13.9. The number of carbonyl (C=O) groups excluding carboxylic acids is 2. The number of nitrogens with one attached hydrogen (secondary N) is 1. The molecular formula is C34H37N9O3S. The number of hydrogen-bond acceptors (Lipinski definition) is 10. The zero-order chi connectivity index (χ0) is 32.7. The third-order valence-electron chi connectivity index (χ3n) is 9.44. The van der Waals surface area contributed by atoms with Crippen molar-refractivity contribution in [3.05, 3.63) is 76.7 Å². The molecule has 0 bridgehead atoms. The molecule has 242 valence electrons. The van der Waals surface area contributed by atoms with Crippen LogP contribution < -0.4 is 9.64 Å². The van der Waals surface area contributed by atoms with Crippen molar-refractivity contribution < 1.29 is 14.3 Å². The van der Waals surface area contributed by atoms with Crippen molar-refractivity contribution in [2.45, 2.75) is 26.2 Å². The molecule has 4 aromatic heterocycles. The second-order valence-electron chi connectivity index (χ2n) is 12.5. The molecule has 3 aliphatic rings. The third kappa shape index (κ3) is 5.96. The fourth-order valence-corrected chi connectivity index (χ4v) is 7.72. The van der Waals surface area contributed by atoms with Gasteiger partial charge in [0.05, 0.1) is 35.4 Å². The maximum absolute atomic E-state index is 13.9. The number of methoxy groups -OCH3 is 1. The van der Waals surface area contributed by atoms with Crippen LogP contribution in [0.1, 0.15) is 41.0 Å². The van der Waals surface area contributed by atoms with E-state index in [1.807, 2.05) is 31.0 Å². The fourth-order valence-electron chi connectivity index (χ4n) is 6.71. The van der Waals surface area contributed by atoms with E-state index in [2.05, 4.69) is 38.2 Å². The molecule has 7 rings (SSSR count). The number of ether oxygens (including phenoxy) is 1. The third-order valence-corrected chi connectivity index (χ3v) is 10.6. The largest absolute Gasteiger partial charge is 0.481 e. The van der Waals surface area contributed by atoms with Crippen molar-refractivity contribution in [2.75, 3.05) is 51.3 Å². The van der Waals surface area contributed by atoms with Gasteiger partial charge in [-0.05, 0) is 68.1 Å². The summed E-state index contributed by atoms with van der Waals surface area (Å²) >= 11 is 1.68. The smallest absolute Gasteiger partial charge is 0.237 e. The van der Waals surface area contributed by atoms with Crippen molar-refractivity contribution in [3.8, 4) is 16.6 Å². The standard InChI is InChI=1S/C34H37N9O3S/c1-22-4-8-27(38-31(22)30(35)24-5-9-28(46-3)36-18-24)43-17-13-34(33(43)45)12-16-41(20-34)19-29(44)42-14-10-23(11-15-42)25-6-7-26(47-25)32-37-21-40(2)39-32/h4-10,18,21,35H,11-17,19-20H2,1-3H3/t34-/m0/s1. The summed E-state index contributed by atoms with van der Waals surface area (Å²) in [6, 6.07) is 11.4. The highest BCUT2D eigenvalue weighted by atomic mass is 32.1. The van der Waals surface area contributed by atoms with Gasteiger partial charge in [-0.25, -0.2) is 15.0 Å². The molecule has 0 saturated carbocycles. The molecule has 0 aliphatic carbocycles. The SMILES string of the molecule is COc1ccc(C(=N)c2nc(N3CC[C@]4(CCN(CC(=O)N5CC=C(c6ccc(-c7ncn(C)n7)s6)CC5)C4)C3=O)ccc2C)cn1. The molecule has 7 heterocycles. The first kappa shape index (κ1) is 30.9. The Labute approximate surface area is 277 Å². The Balaban J connectivity index is 0.964. The highest BCUT2D eigenvalue weighted by Gasteiger charge is 2.51. The van der Waals surface area contributed by atoms with Gasteiger partial charge in [0.2, 0.25) is 17.7 Å². The fraction of sp³-hybridized carbons (Fsp3) is 0.382. The van der Waals surface area contributed by atoms with E-state index >= 15 is 0 Å². The number of nitrogens with zero attached hydrogens (tertiary/aromatic N) is 8. The normalized spacial score (nSPS) is 19.9. The minimum atomic E-state index is -0.519. The Hall–Kier alpha value is -4.75.